The third-order valence-corrected chi connectivity index (χ3v) is 3.95. The van der Waals surface area contributed by atoms with Gasteiger partial charge in [-0.25, -0.2) is 4.57 Å². The summed E-state index contributed by atoms with van der Waals surface area (Å²) in [7, 11) is -4.31. The van der Waals surface area contributed by atoms with Gasteiger partial charge in [-0.05, 0) is 12.3 Å². The van der Waals surface area contributed by atoms with Crippen molar-refractivity contribution in [3.63, 3.8) is 0 Å². The molecule has 0 rings (SSSR count). The summed E-state index contributed by atoms with van der Waals surface area (Å²) in [5, 5.41) is 2.15. The van der Waals surface area contributed by atoms with Crippen LogP contribution in [0.5, 0.6) is 0 Å². The van der Waals surface area contributed by atoms with E-state index >= 15 is 0 Å². The summed E-state index contributed by atoms with van der Waals surface area (Å²) in [5.74, 6) is 0.0826. The molecule has 0 aliphatic rings. The zero-order chi connectivity index (χ0) is 16.3. The standard InChI is InChI=1S/C12H23N2O6P.U.V/c1-3-10(2)4-5-12(16)11(14-9-15)8-20-21(17,18)19-7-6-13;;/h10-11,13H,3-8H2,1-2H3,(H,14,15)(H,17,18);;/q-2;;. The van der Waals surface area contributed by atoms with Gasteiger partial charge in [0.25, 0.3) is 0 Å². The molecule has 0 aromatic heterocycles. The summed E-state index contributed by atoms with van der Waals surface area (Å²) in [6.07, 6.45) is 3.23. The Balaban J connectivity index is -0.00000200. The second-order valence-electron chi connectivity index (χ2n) is 4.66. The molecule has 133 valence electrons. The molecule has 0 bridgehead atoms. The van der Waals surface area contributed by atoms with Gasteiger partial charge >= 0.3 is 7.82 Å². The average Bonchev–Trinajstić information content (AvgIpc) is 2.46. The summed E-state index contributed by atoms with van der Waals surface area (Å²) in [6, 6.07) is -1.04. The van der Waals surface area contributed by atoms with Gasteiger partial charge in [-0.15, -0.1) is 6.54 Å². The van der Waals surface area contributed by atoms with Crippen LogP contribution in [0.25, 0.3) is 5.73 Å². The number of ketones is 1. The van der Waals surface area contributed by atoms with Crippen LogP contribution in [0, 0.1) is 37.0 Å². The molecule has 0 aromatic rings. The number of rotatable bonds is 13. The molecular weight excluding hydrogens is 588 g/mol. The van der Waals surface area contributed by atoms with E-state index in [9.17, 15) is 19.0 Å². The first-order valence-corrected chi connectivity index (χ1v) is 8.27. The molecule has 11 heteroatoms. The summed E-state index contributed by atoms with van der Waals surface area (Å²) in [4.78, 5) is 31.6. The average molecular weight is 611 g/mol. The number of carbonyl (C=O) groups excluding carboxylic acids is 2. The number of amides is 1. The van der Waals surface area contributed by atoms with E-state index in [4.69, 9.17) is 5.73 Å². The quantitative estimate of drug-likeness (QED) is 0.185. The zero-order valence-electron chi connectivity index (χ0n) is 13.3. The maximum atomic E-state index is 11.9. The largest absolute Gasteiger partial charge is 0.676 e. The molecule has 0 aliphatic carbocycles. The van der Waals surface area contributed by atoms with E-state index in [-0.39, 0.29) is 75.0 Å². The van der Waals surface area contributed by atoms with Crippen molar-refractivity contribution in [3.8, 4) is 0 Å². The van der Waals surface area contributed by atoms with Gasteiger partial charge in [0.2, 0.25) is 0 Å². The molecule has 0 aliphatic heterocycles. The smallest absolute Gasteiger partial charge is 0.472 e. The van der Waals surface area contributed by atoms with E-state index in [0.29, 0.717) is 12.3 Å². The summed E-state index contributed by atoms with van der Waals surface area (Å²) < 4.78 is 20.5. The number of Topliss-reactive ketones (excluding diaryl/α,β-unsaturated/α-hetero) is 1. The van der Waals surface area contributed by atoms with Gasteiger partial charge in [-0.1, -0.05) is 20.3 Å². The van der Waals surface area contributed by atoms with Crippen molar-refractivity contribution in [1.29, 1.82) is 0 Å². The molecule has 0 fully saturated rings. The molecule has 0 spiro atoms. The number of carbonyl (C=O) groups is 1. The van der Waals surface area contributed by atoms with Crippen LogP contribution in [0.3, 0.4) is 0 Å². The Kier molecular flexibility index (Phi) is 20.3. The fraction of sp³-hybridized carbons (Fsp3) is 0.833. The molecule has 0 heterocycles. The zero-order valence-corrected chi connectivity index (χ0v) is 19.7. The van der Waals surface area contributed by atoms with E-state index in [1.54, 1.807) is 0 Å². The topological polar surface area (TPSA) is 126 Å². The molecule has 8 nitrogen and oxygen atoms in total. The Hall–Kier alpha value is 0.846. The van der Waals surface area contributed by atoms with Crippen molar-refractivity contribution in [2.24, 2.45) is 5.92 Å². The Morgan fingerprint density at radius 3 is 2.52 bits per heavy atom. The minimum Gasteiger partial charge on any atom is -0.676 e. The van der Waals surface area contributed by atoms with E-state index in [0.717, 1.165) is 6.42 Å². The van der Waals surface area contributed by atoms with Crippen molar-refractivity contribution < 1.29 is 77.8 Å². The van der Waals surface area contributed by atoms with Crippen molar-refractivity contribution in [2.45, 2.75) is 39.2 Å². The fourth-order valence-electron chi connectivity index (χ4n) is 1.42. The van der Waals surface area contributed by atoms with Crippen LogP contribution >= 0.6 is 7.82 Å². The van der Waals surface area contributed by atoms with E-state index in [1.165, 1.54) is 6.41 Å². The Bertz CT molecular complexity index is 377. The van der Waals surface area contributed by atoms with Crippen LogP contribution in [0.2, 0.25) is 0 Å². The molecule has 0 saturated heterocycles. The molecule has 1 amide bonds. The van der Waals surface area contributed by atoms with Crippen LogP contribution in [0.1, 0.15) is 33.1 Å². The van der Waals surface area contributed by atoms with Crippen LogP contribution < -0.4 is 5.32 Å². The molecule has 3 atom stereocenters. The Morgan fingerprint density at radius 2 is 2.04 bits per heavy atom. The van der Waals surface area contributed by atoms with Crippen LogP contribution in [-0.2, 0) is 41.8 Å². The second-order valence-corrected chi connectivity index (χ2v) is 6.12. The first-order chi connectivity index (χ1) is 9.86. The van der Waals surface area contributed by atoms with Crippen LogP contribution in [0.15, 0.2) is 0 Å². The van der Waals surface area contributed by atoms with Gasteiger partial charge in [-0.2, -0.15) is 6.41 Å². The fourth-order valence-corrected chi connectivity index (χ4v) is 2.15. The minimum atomic E-state index is -4.31. The number of phosphoric ester groups is 1. The number of nitrogens with one attached hydrogen (secondary N) is 2. The number of hydrogen-bond acceptors (Lipinski definition) is 5. The van der Waals surface area contributed by atoms with Crippen molar-refractivity contribution in [2.75, 3.05) is 19.8 Å². The van der Waals surface area contributed by atoms with Gasteiger partial charge in [-0.3, -0.25) is 13.8 Å². The summed E-state index contributed by atoms with van der Waals surface area (Å²) in [6.45, 7) is 3.10. The minimum absolute atomic E-state index is 0. The number of phosphoric acid groups is 1. The van der Waals surface area contributed by atoms with Crippen molar-refractivity contribution >= 4 is 20.0 Å². The molecule has 23 heavy (non-hydrogen) atoms. The maximum absolute atomic E-state index is 11.9. The summed E-state index contributed by atoms with van der Waals surface area (Å²) >= 11 is 0. The van der Waals surface area contributed by atoms with Gasteiger partial charge in [0.15, 0.2) is 5.78 Å². The Morgan fingerprint density at radius 1 is 1.43 bits per heavy atom. The Labute approximate surface area is 172 Å². The first kappa shape index (κ1) is 28.6. The van der Waals surface area contributed by atoms with Gasteiger partial charge in [0.05, 0.1) is 12.6 Å². The third kappa shape index (κ3) is 14.9. The van der Waals surface area contributed by atoms with Crippen molar-refractivity contribution in [3.05, 3.63) is 5.73 Å². The van der Waals surface area contributed by atoms with Gasteiger partial charge in [0.1, 0.15) is 0 Å². The molecule has 0 aromatic carbocycles. The predicted octanol–water partition coefficient (Wildman–Crippen LogP) is 1.59. The van der Waals surface area contributed by atoms with Crippen LogP contribution in [0.4, 0.5) is 0 Å². The van der Waals surface area contributed by atoms with Gasteiger partial charge in [0, 0.05) is 62.7 Å². The maximum Gasteiger partial charge on any atom is 0.472 e. The van der Waals surface area contributed by atoms with E-state index < -0.39 is 20.5 Å². The monoisotopic (exact) mass is 611 g/mol. The van der Waals surface area contributed by atoms with E-state index in [1.807, 2.05) is 13.8 Å². The predicted molar refractivity (Wildman–Crippen MR) is 77.2 cm³/mol. The first-order valence-electron chi connectivity index (χ1n) is 6.78. The van der Waals surface area contributed by atoms with Gasteiger partial charge < -0.3 is 20.7 Å². The second kappa shape index (κ2) is 16.3. The molecule has 0 saturated carbocycles. The molecule has 1 radical (unpaired) electrons. The van der Waals surface area contributed by atoms with E-state index in [2.05, 4.69) is 14.4 Å². The van der Waals surface area contributed by atoms with Crippen LogP contribution in [-0.4, -0.2) is 42.9 Å². The van der Waals surface area contributed by atoms with Crippen molar-refractivity contribution in [1.82, 2.24) is 5.32 Å². The number of hydrogen-bond donors (Lipinski definition) is 2. The molecule has 3 N–H and O–H groups in total. The molecule has 3 unspecified atom stereocenters. The third-order valence-electron chi connectivity index (χ3n) is 2.96. The molecular formula is C12H23N2O6PUV-2. The SMILES string of the molecule is CCC(C)CCC(=O)C(COP(=O)(O)OCC[NH-])N[C-]=O.[U].[V]. The normalized spacial score (nSPS) is 15.3. The summed E-state index contributed by atoms with van der Waals surface area (Å²) in [5.41, 5.74) is 6.82.